The summed E-state index contributed by atoms with van der Waals surface area (Å²) in [6.45, 7) is 3.98. The molecule has 2 heterocycles. The Hall–Kier alpha value is -0.590. The van der Waals surface area contributed by atoms with E-state index in [1.165, 1.54) is 4.31 Å². The molecule has 0 bridgehead atoms. The molecule has 0 spiro atoms. The van der Waals surface area contributed by atoms with Gasteiger partial charge in [0.1, 0.15) is 4.90 Å². The van der Waals surface area contributed by atoms with Crippen LogP contribution in [0.1, 0.15) is 30.7 Å². The Morgan fingerprint density at radius 3 is 2.72 bits per heavy atom. The number of nitrogens with zero attached hydrogens (tertiary/aromatic N) is 2. The first kappa shape index (κ1) is 13.8. The third-order valence-electron chi connectivity index (χ3n) is 3.38. The molecule has 2 rings (SSSR count). The topological polar surface area (TPSA) is 66.1 Å². The van der Waals surface area contributed by atoms with Gasteiger partial charge in [-0.1, -0.05) is 6.42 Å². The Morgan fingerprint density at radius 2 is 2.17 bits per heavy atom. The first-order chi connectivity index (χ1) is 8.48. The monoisotopic (exact) mass is 291 g/mol. The van der Waals surface area contributed by atoms with Gasteiger partial charge >= 0.3 is 0 Å². The van der Waals surface area contributed by atoms with E-state index in [9.17, 15) is 8.42 Å². The van der Waals surface area contributed by atoms with Gasteiger partial charge in [0.2, 0.25) is 10.0 Å². The molecule has 1 aromatic heterocycles. The van der Waals surface area contributed by atoms with E-state index >= 15 is 0 Å². The Bertz CT molecular complexity index is 507. The molecule has 0 aliphatic carbocycles. The van der Waals surface area contributed by atoms with Crippen molar-refractivity contribution in [3.63, 3.8) is 0 Å². The van der Waals surface area contributed by atoms with Crippen molar-refractivity contribution in [1.29, 1.82) is 0 Å². The number of H-pyrrole nitrogens is 1. The standard InChI is InChI=1S/C11H18ClN3O2S/c1-8-11(9(2)14-13-8)18(16,17)15-6-4-3-5-10(15)7-12/h10H,3-7H2,1-2H3,(H,13,14). The van der Waals surface area contributed by atoms with Gasteiger partial charge in [-0.15, -0.1) is 11.6 Å². The zero-order valence-corrected chi connectivity index (χ0v) is 12.2. The van der Waals surface area contributed by atoms with Crippen molar-refractivity contribution in [3.05, 3.63) is 11.4 Å². The van der Waals surface area contributed by atoms with Crippen LogP contribution in [-0.4, -0.2) is 41.4 Å². The van der Waals surface area contributed by atoms with Crippen LogP contribution in [0.4, 0.5) is 0 Å². The molecular formula is C11H18ClN3O2S. The molecule has 1 aromatic rings. The summed E-state index contributed by atoms with van der Waals surface area (Å²) in [5.74, 6) is 0.342. The van der Waals surface area contributed by atoms with E-state index in [1.54, 1.807) is 13.8 Å². The van der Waals surface area contributed by atoms with Gasteiger partial charge in [0.05, 0.1) is 11.4 Å². The maximum absolute atomic E-state index is 12.7. The van der Waals surface area contributed by atoms with Gasteiger partial charge in [-0.3, -0.25) is 5.10 Å². The fourth-order valence-corrected chi connectivity index (χ4v) is 4.91. The molecule has 0 radical (unpaired) electrons. The summed E-state index contributed by atoms with van der Waals surface area (Å²) in [7, 11) is -3.49. The number of aromatic amines is 1. The Balaban J connectivity index is 2.41. The van der Waals surface area contributed by atoms with Crippen LogP contribution in [0.3, 0.4) is 0 Å². The number of halogens is 1. The van der Waals surface area contributed by atoms with Gasteiger partial charge in [0.25, 0.3) is 0 Å². The van der Waals surface area contributed by atoms with Crippen molar-refractivity contribution in [2.24, 2.45) is 0 Å². The average Bonchev–Trinajstić information content (AvgIpc) is 2.69. The number of sulfonamides is 1. The lowest BCUT2D eigenvalue weighted by atomic mass is 10.1. The largest absolute Gasteiger partial charge is 0.281 e. The Kier molecular flexibility index (Phi) is 3.99. The molecule has 1 aliphatic rings. The van der Waals surface area contributed by atoms with E-state index in [1.807, 2.05) is 0 Å². The molecule has 102 valence electrons. The lowest BCUT2D eigenvalue weighted by Gasteiger charge is -2.33. The minimum Gasteiger partial charge on any atom is -0.281 e. The van der Waals surface area contributed by atoms with Crippen LogP contribution in [0.25, 0.3) is 0 Å². The predicted molar refractivity (Wildman–Crippen MR) is 70.3 cm³/mol. The van der Waals surface area contributed by atoms with Crippen LogP contribution in [-0.2, 0) is 10.0 Å². The summed E-state index contributed by atoms with van der Waals surface area (Å²) in [5.41, 5.74) is 1.11. The molecule has 0 saturated carbocycles. The molecule has 0 amide bonds. The van der Waals surface area contributed by atoms with Crippen molar-refractivity contribution in [3.8, 4) is 0 Å². The van der Waals surface area contributed by atoms with Gasteiger partial charge in [0.15, 0.2) is 0 Å². The second-order valence-corrected chi connectivity index (χ2v) is 6.82. The van der Waals surface area contributed by atoms with E-state index < -0.39 is 10.0 Å². The zero-order chi connectivity index (χ0) is 13.3. The summed E-state index contributed by atoms with van der Waals surface area (Å²) in [5, 5.41) is 6.69. The van der Waals surface area contributed by atoms with Crippen LogP contribution in [0, 0.1) is 13.8 Å². The average molecular weight is 292 g/mol. The SMILES string of the molecule is Cc1n[nH]c(C)c1S(=O)(=O)N1CCCCC1CCl. The van der Waals surface area contributed by atoms with Crippen LogP contribution < -0.4 is 0 Å². The fraction of sp³-hybridized carbons (Fsp3) is 0.727. The number of aromatic nitrogens is 2. The van der Waals surface area contributed by atoms with Crippen LogP contribution in [0.5, 0.6) is 0 Å². The molecule has 1 N–H and O–H groups in total. The molecule has 1 fully saturated rings. The van der Waals surface area contributed by atoms with Crippen LogP contribution in [0.15, 0.2) is 4.90 Å². The molecule has 7 heteroatoms. The molecule has 5 nitrogen and oxygen atoms in total. The number of aryl methyl sites for hydroxylation is 2. The molecule has 1 saturated heterocycles. The molecule has 18 heavy (non-hydrogen) atoms. The molecule has 1 unspecified atom stereocenters. The van der Waals surface area contributed by atoms with Gasteiger partial charge < -0.3 is 0 Å². The van der Waals surface area contributed by atoms with Crippen molar-refractivity contribution < 1.29 is 8.42 Å². The molecule has 1 aliphatic heterocycles. The third-order valence-corrected chi connectivity index (χ3v) is 5.95. The number of alkyl halides is 1. The summed E-state index contributed by atoms with van der Waals surface area (Å²) in [6.07, 6.45) is 2.76. The minimum absolute atomic E-state index is 0.0980. The first-order valence-electron chi connectivity index (χ1n) is 6.08. The molecular weight excluding hydrogens is 274 g/mol. The first-order valence-corrected chi connectivity index (χ1v) is 8.05. The second-order valence-electron chi connectivity index (χ2n) is 4.68. The van der Waals surface area contributed by atoms with E-state index in [0.29, 0.717) is 28.7 Å². The number of hydrogen-bond acceptors (Lipinski definition) is 3. The summed E-state index contributed by atoms with van der Waals surface area (Å²) in [6, 6.07) is -0.0980. The minimum atomic E-state index is -3.49. The van der Waals surface area contributed by atoms with Crippen LogP contribution in [0.2, 0.25) is 0 Å². The van der Waals surface area contributed by atoms with Gasteiger partial charge in [-0.25, -0.2) is 8.42 Å². The fourth-order valence-electron chi connectivity index (χ4n) is 2.48. The lowest BCUT2D eigenvalue weighted by Crippen LogP contribution is -2.44. The summed E-state index contributed by atoms with van der Waals surface area (Å²) < 4.78 is 26.9. The summed E-state index contributed by atoms with van der Waals surface area (Å²) in [4.78, 5) is 0.305. The van der Waals surface area contributed by atoms with E-state index in [0.717, 1.165) is 19.3 Å². The lowest BCUT2D eigenvalue weighted by molar-refractivity contribution is 0.271. The van der Waals surface area contributed by atoms with Crippen molar-refractivity contribution in [2.75, 3.05) is 12.4 Å². The number of piperidine rings is 1. The Labute approximate surface area is 113 Å². The van der Waals surface area contributed by atoms with Crippen molar-refractivity contribution in [2.45, 2.75) is 44.0 Å². The van der Waals surface area contributed by atoms with E-state index in [2.05, 4.69) is 10.2 Å². The van der Waals surface area contributed by atoms with Crippen molar-refractivity contribution >= 4 is 21.6 Å². The summed E-state index contributed by atoms with van der Waals surface area (Å²) >= 11 is 5.89. The van der Waals surface area contributed by atoms with E-state index in [-0.39, 0.29) is 6.04 Å². The number of hydrogen-bond donors (Lipinski definition) is 1. The quantitative estimate of drug-likeness (QED) is 0.864. The smallest absolute Gasteiger partial charge is 0.247 e. The number of rotatable bonds is 3. The molecule has 1 atom stereocenters. The normalized spacial score (nSPS) is 22.3. The third kappa shape index (κ3) is 2.29. The highest BCUT2D eigenvalue weighted by Crippen LogP contribution is 2.28. The maximum Gasteiger partial charge on any atom is 0.247 e. The second kappa shape index (κ2) is 5.19. The predicted octanol–water partition coefficient (Wildman–Crippen LogP) is 1.81. The van der Waals surface area contributed by atoms with Crippen molar-refractivity contribution in [1.82, 2.24) is 14.5 Å². The maximum atomic E-state index is 12.7. The highest BCUT2D eigenvalue weighted by Gasteiger charge is 2.35. The van der Waals surface area contributed by atoms with Gasteiger partial charge in [-0.2, -0.15) is 9.40 Å². The highest BCUT2D eigenvalue weighted by molar-refractivity contribution is 7.89. The number of nitrogens with one attached hydrogen (secondary N) is 1. The zero-order valence-electron chi connectivity index (χ0n) is 10.6. The Morgan fingerprint density at radius 1 is 1.44 bits per heavy atom. The van der Waals surface area contributed by atoms with Crippen LogP contribution >= 0.6 is 11.6 Å². The van der Waals surface area contributed by atoms with Gasteiger partial charge in [0, 0.05) is 18.5 Å². The highest BCUT2D eigenvalue weighted by atomic mass is 35.5. The van der Waals surface area contributed by atoms with E-state index in [4.69, 9.17) is 11.6 Å². The molecule has 0 aromatic carbocycles. The van der Waals surface area contributed by atoms with Gasteiger partial charge in [-0.05, 0) is 26.7 Å².